The van der Waals surface area contributed by atoms with Crippen LogP contribution in [0.4, 0.5) is 17.3 Å². The van der Waals surface area contributed by atoms with Crippen LogP contribution in [0.5, 0.6) is 0 Å². The average Bonchev–Trinajstić information content (AvgIpc) is 2.31. The maximum atomic E-state index is 9.75. The minimum Gasteiger partial charge on any atom is -0.418 e. The summed E-state index contributed by atoms with van der Waals surface area (Å²) in [6.45, 7) is 3.18. The first-order chi connectivity index (χ1) is 5.83. The molecule has 1 aromatic heterocycles. The fourth-order valence-corrected chi connectivity index (χ4v) is 0.689. The van der Waals surface area contributed by atoms with E-state index >= 15 is 0 Å². The molecule has 1 aromatic rings. The Balaban J connectivity index is 0. The molecule has 2 nitrogen and oxygen atoms in total. The molecule has 0 fully saturated rings. The fourth-order valence-electron chi connectivity index (χ4n) is 0.689. The lowest BCUT2D eigenvalue weighted by Crippen LogP contribution is -2.28. The first kappa shape index (κ1) is 15.9. The molecule has 0 saturated carbocycles. The second-order valence-electron chi connectivity index (χ2n) is 2.40. The summed E-state index contributed by atoms with van der Waals surface area (Å²) in [5, 5.41) is 0. The standard InChI is InChI=1S/C6H11N2.BF4.BrH/c1-3-8-5-4-7(2)6-8;2-1(3,4)5;/h4-6H,3H2,1-2H3;;1H/q+1;-1;. The number of rotatable bonds is 1. The molecule has 84 valence electrons. The normalized spacial score (nSPS) is 9.86. The van der Waals surface area contributed by atoms with Gasteiger partial charge in [-0.2, -0.15) is 0 Å². The van der Waals surface area contributed by atoms with Crippen LogP contribution >= 0.6 is 17.0 Å². The molecule has 14 heavy (non-hydrogen) atoms. The van der Waals surface area contributed by atoms with Gasteiger partial charge in [0, 0.05) is 0 Å². The third-order valence-electron chi connectivity index (χ3n) is 1.19. The highest BCUT2D eigenvalue weighted by Crippen LogP contribution is 2.06. The van der Waals surface area contributed by atoms with E-state index in [1.165, 1.54) is 0 Å². The van der Waals surface area contributed by atoms with Gasteiger partial charge in [0.25, 0.3) is 0 Å². The first-order valence-electron chi connectivity index (χ1n) is 3.71. The van der Waals surface area contributed by atoms with Crippen LogP contribution in [0.2, 0.25) is 0 Å². The van der Waals surface area contributed by atoms with Crippen LogP contribution in [0.25, 0.3) is 0 Å². The van der Waals surface area contributed by atoms with Crippen molar-refractivity contribution in [2.75, 3.05) is 0 Å². The zero-order chi connectivity index (χ0) is 10.5. The van der Waals surface area contributed by atoms with Crippen molar-refractivity contribution >= 4 is 24.2 Å². The minimum atomic E-state index is -6.00. The van der Waals surface area contributed by atoms with Gasteiger partial charge in [0.2, 0.25) is 6.33 Å². The lowest BCUT2D eigenvalue weighted by atomic mass is 10.3. The topological polar surface area (TPSA) is 8.81 Å². The van der Waals surface area contributed by atoms with Crippen LogP contribution in [-0.4, -0.2) is 11.8 Å². The van der Waals surface area contributed by atoms with E-state index in [-0.39, 0.29) is 17.0 Å². The van der Waals surface area contributed by atoms with Gasteiger partial charge in [-0.1, -0.05) is 0 Å². The largest absolute Gasteiger partial charge is 0.673 e. The second-order valence-corrected chi connectivity index (χ2v) is 2.40. The van der Waals surface area contributed by atoms with Gasteiger partial charge < -0.3 is 17.3 Å². The number of aromatic nitrogens is 2. The van der Waals surface area contributed by atoms with Crippen molar-refractivity contribution in [3.05, 3.63) is 18.7 Å². The van der Waals surface area contributed by atoms with Crippen molar-refractivity contribution in [3.8, 4) is 0 Å². The van der Waals surface area contributed by atoms with E-state index in [1.54, 1.807) is 0 Å². The van der Waals surface area contributed by atoms with E-state index in [2.05, 4.69) is 24.0 Å². The highest BCUT2D eigenvalue weighted by Gasteiger charge is 2.20. The number of halogens is 5. The molecule has 0 unspecified atom stereocenters. The summed E-state index contributed by atoms with van der Waals surface area (Å²) >= 11 is 0. The van der Waals surface area contributed by atoms with Crippen molar-refractivity contribution in [1.29, 1.82) is 0 Å². The predicted molar refractivity (Wildman–Crippen MR) is 51.8 cm³/mol. The van der Waals surface area contributed by atoms with Crippen molar-refractivity contribution in [2.24, 2.45) is 7.05 Å². The van der Waals surface area contributed by atoms with Crippen molar-refractivity contribution < 1.29 is 21.8 Å². The van der Waals surface area contributed by atoms with E-state index in [1.807, 2.05) is 17.8 Å². The predicted octanol–water partition coefficient (Wildman–Crippen LogP) is 2.21. The number of hydrogen-bond acceptors (Lipinski definition) is 0. The van der Waals surface area contributed by atoms with Crippen molar-refractivity contribution in [1.82, 2.24) is 4.57 Å². The SMILES string of the molecule is Br.CC[n+]1ccn(C)c1.F[B-](F)(F)F. The molecule has 0 radical (unpaired) electrons. The van der Waals surface area contributed by atoms with Gasteiger partial charge in [0.1, 0.15) is 12.4 Å². The second kappa shape index (κ2) is 6.86. The maximum absolute atomic E-state index is 9.75. The van der Waals surface area contributed by atoms with E-state index < -0.39 is 7.25 Å². The Morgan fingerprint density at radius 2 is 1.71 bits per heavy atom. The maximum Gasteiger partial charge on any atom is 0.673 e. The molecule has 8 heteroatoms. The third-order valence-corrected chi connectivity index (χ3v) is 1.19. The Kier molecular flexibility index (Phi) is 7.80. The first-order valence-corrected chi connectivity index (χ1v) is 3.71. The summed E-state index contributed by atoms with van der Waals surface area (Å²) < 4.78 is 43.2. The Labute approximate surface area is 90.4 Å². The number of hydrogen-bond donors (Lipinski definition) is 0. The van der Waals surface area contributed by atoms with Crippen LogP contribution in [-0.2, 0) is 13.6 Å². The molecule has 0 spiro atoms. The Hall–Kier alpha value is -0.525. The molecule has 0 amide bonds. The van der Waals surface area contributed by atoms with Gasteiger partial charge in [-0.3, -0.25) is 0 Å². The quantitative estimate of drug-likeness (QED) is 0.423. The van der Waals surface area contributed by atoms with E-state index in [0.29, 0.717) is 0 Å². The summed E-state index contributed by atoms with van der Waals surface area (Å²) in [6, 6.07) is 0. The molecular formula is C6H12BBrF4N2. The van der Waals surface area contributed by atoms with Gasteiger partial charge in [-0.15, -0.1) is 17.0 Å². The Morgan fingerprint density at radius 1 is 1.29 bits per heavy atom. The molecule has 0 bridgehead atoms. The number of imidazole rings is 1. The highest BCUT2D eigenvalue weighted by atomic mass is 79.9. The molecular weight excluding hydrogens is 267 g/mol. The zero-order valence-corrected chi connectivity index (χ0v) is 9.54. The zero-order valence-electron chi connectivity index (χ0n) is 7.83. The summed E-state index contributed by atoms with van der Waals surface area (Å²) in [4.78, 5) is 0. The summed E-state index contributed by atoms with van der Waals surface area (Å²) in [5.74, 6) is 0. The van der Waals surface area contributed by atoms with Crippen LogP contribution in [0.15, 0.2) is 18.7 Å². The summed E-state index contributed by atoms with van der Waals surface area (Å²) in [6.07, 6.45) is 6.14. The van der Waals surface area contributed by atoms with Crippen LogP contribution < -0.4 is 4.57 Å². The van der Waals surface area contributed by atoms with E-state index in [4.69, 9.17) is 0 Å². The molecule has 1 heterocycles. The van der Waals surface area contributed by atoms with Crippen molar-refractivity contribution in [3.63, 3.8) is 0 Å². The molecule has 0 N–H and O–H groups in total. The molecule has 0 saturated heterocycles. The number of nitrogens with zero attached hydrogens (tertiary/aromatic N) is 2. The monoisotopic (exact) mass is 278 g/mol. The highest BCUT2D eigenvalue weighted by molar-refractivity contribution is 8.93. The molecule has 0 aliphatic rings. The molecule has 0 aliphatic heterocycles. The smallest absolute Gasteiger partial charge is 0.418 e. The third kappa shape index (κ3) is 11.5. The number of aryl methyl sites for hydroxylation is 2. The van der Waals surface area contributed by atoms with Gasteiger partial charge in [0.15, 0.2) is 0 Å². The van der Waals surface area contributed by atoms with Crippen LogP contribution in [0, 0.1) is 0 Å². The van der Waals surface area contributed by atoms with Crippen LogP contribution in [0.3, 0.4) is 0 Å². The Morgan fingerprint density at radius 3 is 1.86 bits per heavy atom. The average molecular weight is 279 g/mol. The Bertz CT molecular complexity index is 244. The van der Waals surface area contributed by atoms with Crippen molar-refractivity contribution in [2.45, 2.75) is 13.5 Å². The summed E-state index contributed by atoms with van der Waals surface area (Å²) in [7, 11) is -3.98. The molecule has 0 atom stereocenters. The van der Waals surface area contributed by atoms with E-state index in [0.717, 1.165) is 6.54 Å². The lowest BCUT2D eigenvalue weighted by Gasteiger charge is -1.94. The molecule has 0 aromatic carbocycles. The van der Waals surface area contributed by atoms with Crippen LogP contribution in [0.1, 0.15) is 6.92 Å². The lowest BCUT2D eigenvalue weighted by molar-refractivity contribution is -0.693. The van der Waals surface area contributed by atoms with Gasteiger partial charge in [-0.25, -0.2) is 9.13 Å². The van der Waals surface area contributed by atoms with Gasteiger partial charge in [-0.05, 0) is 6.92 Å². The summed E-state index contributed by atoms with van der Waals surface area (Å²) in [5.41, 5.74) is 0. The molecule has 0 aliphatic carbocycles. The van der Waals surface area contributed by atoms with Gasteiger partial charge in [0.05, 0.1) is 13.6 Å². The molecule has 1 rings (SSSR count). The minimum absolute atomic E-state index is 0. The van der Waals surface area contributed by atoms with Gasteiger partial charge >= 0.3 is 7.25 Å². The van der Waals surface area contributed by atoms with E-state index in [9.17, 15) is 17.3 Å². The fraction of sp³-hybridized carbons (Fsp3) is 0.500.